The molecule has 1 aliphatic heterocycles. The molecule has 1 aromatic carbocycles. The van der Waals surface area contributed by atoms with E-state index in [1.165, 1.54) is 4.90 Å². The average Bonchev–Trinajstić information content (AvgIpc) is 2.63. The third kappa shape index (κ3) is 3.44. The topological polar surface area (TPSA) is 102 Å². The van der Waals surface area contributed by atoms with E-state index in [2.05, 4.69) is 15.3 Å². The highest BCUT2D eigenvalue weighted by Crippen LogP contribution is 2.33. The first-order valence-electron chi connectivity index (χ1n) is 8.13. The van der Waals surface area contributed by atoms with Gasteiger partial charge in [0.25, 0.3) is 0 Å². The van der Waals surface area contributed by atoms with Gasteiger partial charge in [-0.15, -0.1) is 0 Å². The molecule has 0 aliphatic carbocycles. The monoisotopic (exact) mass is 377 g/mol. The maximum Gasteiger partial charge on any atom is 0.330 e. The molecular formula is C17H20ClN5O3. The molecule has 0 saturated heterocycles. The fourth-order valence-electron chi connectivity index (χ4n) is 2.72. The zero-order valence-electron chi connectivity index (χ0n) is 14.4. The zero-order chi connectivity index (χ0) is 18.8. The summed E-state index contributed by atoms with van der Waals surface area (Å²) < 4.78 is 0. The molecule has 3 N–H and O–H groups in total. The van der Waals surface area contributed by atoms with E-state index in [4.69, 9.17) is 11.6 Å². The van der Waals surface area contributed by atoms with Crippen molar-refractivity contribution >= 4 is 35.1 Å². The number of fused-ring (bicyclic) bond motifs is 1. The lowest BCUT2D eigenvalue weighted by atomic mass is 10.2. The van der Waals surface area contributed by atoms with Gasteiger partial charge in [-0.1, -0.05) is 23.7 Å². The molecule has 8 nitrogen and oxygen atoms in total. The van der Waals surface area contributed by atoms with Crippen LogP contribution in [0.2, 0.25) is 5.02 Å². The molecule has 0 unspecified atom stereocenters. The molecule has 138 valence electrons. The van der Waals surface area contributed by atoms with Crippen LogP contribution in [0.5, 0.6) is 0 Å². The minimum Gasteiger partial charge on any atom is -0.394 e. The Bertz CT molecular complexity index is 817. The van der Waals surface area contributed by atoms with Crippen molar-refractivity contribution in [3.63, 3.8) is 0 Å². The quantitative estimate of drug-likeness (QED) is 0.735. The standard InChI is InChI=1S/C17H20ClN5O3/c1-10(25)13(9-24)20-16-19-7-11-8-23(14-6-4-3-5-12(14)18)17(26)22(2)15(11)21-16/h3-7,10,13,24-25H,8-9H2,1-2H3,(H,19,20,21)/t10-,13+/m0/s1. The van der Waals surface area contributed by atoms with Crippen LogP contribution in [-0.2, 0) is 6.54 Å². The van der Waals surface area contributed by atoms with Crippen LogP contribution in [0, 0.1) is 0 Å². The molecule has 26 heavy (non-hydrogen) atoms. The first kappa shape index (κ1) is 18.4. The Labute approximate surface area is 156 Å². The molecular weight excluding hydrogens is 358 g/mol. The molecule has 2 heterocycles. The number of rotatable bonds is 5. The summed E-state index contributed by atoms with van der Waals surface area (Å²) in [6, 6.07) is 6.28. The molecule has 0 spiro atoms. The molecule has 2 atom stereocenters. The fraction of sp³-hybridized carbons (Fsp3) is 0.353. The van der Waals surface area contributed by atoms with Crippen molar-refractivity contribution in [2.75, 3.05) is 28.8 Å². The number of nitrogens with zero attached hydrogens (tertiary/aromatic N) is 4. The smallest absolute Gasteiger partial charge is 0.330 e. The number of benzene rings is 1. The zero-order valence-corrected chi connectivity index (χ0v) is 15.2. The number of aliphatic hydroxyl groups is 2. The number of halogens is 1. The van der Waals surface area contributed by atoms with Crippen molar-refractivity contribution in [3.05, 3.63) is 41.0 Å². The average molecular weight is 378 g/mol. The normalized spacial score (nSPS) is 16.3. The molecule has 1 aliphatic rings. The van der Waals surface area contributed by atoms with Crippen LogP contribution >= 0.6 is 11.6 Å². The Hall–Kier alpha value is -2.42. The molecule has 0 radical (unpaired) electrons. The van der Waals surface area contributed by atoms with Crippen molar-refractivity contribution in [1.29, 1.82) is 0 Å². The number of amides is 2. The van der Waals surface area contributed by atoms with E-state index in [0.29, 0.717) is 23.1 Å². The second kappa shape index (κ2) is 7.45. The van der Waals surface area contributed by atoms with Crippen molar-refractivity contribution in [2.24, 2.45) is 0 Å². The largest absolute Gasteiger partial charge is 0.394 e. The molecule has 0 saturated carbocycles. The van der Waals surface area contributed by atoms with Gasteiger partial charge in [0.05, 0.1) is 36.0 Å². The summed E-state index contributed by atoms with van der Waals surface area (Å²) in [7, 11) is 1.62. The van der Waals surface area contributed by atoms with Crippen LogP contribution in [0.3, 0.4) is 0 Å². The molecule has 0 fully saturated rings. The van der Waals surface area contributed by atoms with Gasteiger partial charge in [-0.2, -0.15) is 4.98 Å². The van der Waals surface area contributed by atoms with E-state index in [1.807, 2.05) is 6.07 Å². The molecule has 2 amide bonds. The SMILES string of the molecule is C[C@H](O)[C@@H](CO)Nc1ncc2c(n1)N(C)C(=O)N(c1ccccc1Cl)C2. The molecule has 3 rings (SSSR count). The maximum atomic E-state index is 12.8. The highest BCUT2D eigenvalue weighted by Gasteiger charge is 2.31. The van der Waals surface area contributed by atoms with Gasteiger partial charge in [-0.25, -0.2) is 9.78 Å². The van der Waals surface area contributed by atoms with Crippen LogP contribution in [-0.4, -0.2) is 52.0 Å². The van der Waals surface area contributed by atoms with Gasteiger partial charge in [0.15, 0.2) is 0 Å². The van der Waals surface area contributed by atoms with Crippen LogP contribution < -0.4 is 15.1 Å². The van der Waals surface area contributed by atoms with Crippen molar-refractivity contribution in [2.45, 2.75) is 25.6 Å². The fourth-order valence-corrected chi connectivity index (χ4v) is 2.96. The van der Waals surface area contributed by atoms with Crippen molar-refractivity contribution in [1.82, 2.24) is 9.97 Å². The van der Waals surface area contributed by atoms with Gasteiger partial charge in [0, 0.05) is 18.8 Å². The minimum atomic E-state index is -0.783. The first-order valence-corrected chi connectivity index (χ1v) is 8.51. The summed E-state index contributed by atoms with van der Waals surface area (Å²) >= 11 is 6.22. The lowest BCUT2D eigenvalue weighted by molar-refractivity contribution is 0.132. The van der Waals surface area contributed by atoms with Crippen LogP contribution in [0.25, 0.3) is 0 Å². The highest BCUT2D eigenvalue weighted by atomic mass is 35.5. The minimum absolute atomic E-state index is 0.231. The van der Waals surface area contributed by atoms with E-state index in [0.717, 1.165) is 5.56 Å². The Morgan fingerprint density at radius 3 is 2.77 bits per heavy atom. The van der Waals surface area contributed by atoms with Crippen molar-refractivity contribution < 1.29 is 15.0 Å². The molecule has 1 aromatic heterocycles. The Balaban J connectivity index is 1.90. The van der Waals surface area contributed by atoms with Gasteiger partial charge in [0.1, 0.15) is 5.82 Å². The third-order valence-electron chi connectivity index (χ3n) is 4.24. The Morgan fingerprint density at radius 1 is 1.38 bits per heavy atom. The number of aromatic nitrogens is 2. The third-order valence-corrected chi connectivity index (χ3v) is 4.56. The number of urea groups is 1. The predicted molar refractivity (Wildman–Crippen MR) is 99.6 cm³/mol. The number of hydrogen-bond acceptors (Lipinski definition) is 6. The van der Waals surface area contributed by atoms with Crippen LogP contribution in [0.4, 0.5) is 22.2 Å². The van der Waals surface area contributed by atoms with Gasteiger partial charge in [-0.3, -0.25) is 9.80 Å². The van der Waals surface area contributed by atoms with Gasteiger partial charge >= 0.3 is 6.03 Å². The van der Waals surface area contributed by atoms with E-state index in [-0.39, 0.29) is 18.6 Å². The van der Waals surface area contributed by atoms with Crippen LogP contribution in [0.1, 0.15) is 12.5 Å². The maximum absolute atomic E-state index is 12.8. The first-order chi connectivity index (χ1) is 12.4. The number of carbonyl (C=O) groups is 1. The lowest BCUT2D eigenvalue weighted by Gasteiger charge is -2.34. The molecule has 2 aromatic rings. The van der Waals surface area contributed by atoms with E-state index >= 15 is 0 Å². The van der Waals surface area contributed by atoms with Crippen LogP contribution in [0.15, 0.2) is 30.5 Å². The molecule has 9 heteroatoms. The molecule has 0 bridgehead atoms. The van der Waals surface area contributed by atoms with E-state index < -0.39 is 12.1 Å². The summed E-state index contributed by atoms with van der Waals surface area (Å²) in [5.74, 6) is 0.702. The van der Waals surface area contributed by atoms with Gasteiger partial charge < -0.3 is 15.5 Å². The highest BCUT2D eigenvalue weighted by molar-refractivity contribution is 6.34. The predicted octanol–water partition coefficient (Wildman–Crippen LogP) is 1.86. The number of hydrogen-bond donors (Lipinski definition) is 3. The summed E-state index contributed by atoms with van der Waals surface area (Å²) in [6.45, 7) is 1.58. The van der Waals surface area contributed by atoms with Gasteiger partial charge in [-0.05, 0) is 19.1 Å². The van der Waals surface area contributed by atoms with E-state index in [9.17, 15) is 15.0 Å². The Kier molecular flexibility index (Phi) is 5.26. The van der Waals surface area contributed by atoms with E-state index in [1.54, 1.807) is 43.3 Å². The number of nitrogens with one attached hydrogen (secondary N) is 1. The lowest BCUT2D eigenvalue weighted by Crippen LogP contribution is -2.46. The summed E-state index contributed by atoms with van der Waals surface area (Å²) in [4.78, 5) is 24.4. The van der Waals surface area contributed by atoms with Crippen molar-refractivity contribution in [3.8, 4) is 0 Å². The summed E-state index contributed by atoms with van der Waals surface area (Å²) in [6.07, 6.45) is 0.836. The summed E-state index contributed by atoms with van der Waals surface area (Å²) in [5, 5.41) is 22.3. The second-order valence-electron chi connectivity index (χ2n) is 6.10. The number of anilines is 3. The number of para-hydroxylation sites is 1. The number of aliphatic hydroxyl groups excluding tert-OH is 2. The van der Waals surface area contributed by atoms with Gasteiger partial charge in [0.2, 0.25) is 5.95 Å². The summed E-state index contributed by atoms with van der Waals surface area (Å²) in [5.41, 5.74) is 1.38. The number of carbonyl (C=O) groups excluding carboxylic acids is 1. The Morgan fingerprint density at radius 2 is 2.12 bits per heavy atom. The second-order valence-corrected chi connectivity index (χ2v) is 6.50.